The van der Waals surface area contributed by atoms with E-state index < -0.39 is 0 Å². The molecule has 2 heterocycles. The summed E-state index contributed by atoms with van der Waals surface area (Å²) in [6.07, 6.45) is 6.21. The Morgan fingerprint density at radius 2 is 1.66 bits per heavy atom. The summed E-state index contributed by atoms with van der Waals surface area (Å²) in [5.74, 6) is 0.538. The first kappa shape index (κ1) is 24.7. The molecule has 0 radical (unpaired) electrons. The average molecular weight is 474 g/mol. The third-order valence-corrected chi connectivity index (χ3v) is 6.88. The lowest BCUT2D eigenvalue weighted by molar-refractivity contribution is -0.134. The molecular formula is C28H35N5O2. The number of benzene rings is 2. The molecule has 35 heavy (non-hydrogen) atoms. The van der Waals surface area contributed by atoms with E-state index in [1.54, 1.807) is 10.9 Å². The van der Waals surface area contributed by atoms with Gasteiger partial charge in [0.2, 0.25) is 5.91 Å². The van der Waals surface area contributed by atoms with Gasteiger partial charge < -0.3 is 14.7 Å². The van der Waals surface area contributed by atoms with Crippen LogP contribution in [0.25, 0.3) is 5.69 Å². The van der Waals surface area contributed by atoms with Crippen molar-refractivity contribution in [3.8, 4) is 5.69 Å². The van der Waals surface area contributed by atoms with Crippen LogP contribution in [0.15, 0.2) is 73.1 Å². The number of nitrogens with zero attached hydrogens (tertiary/aromatic N) is 5. The van der Waals surface area contributed by atoms with E-state index in [2.05, 4.69) is 17.2 Å². The number of amides is 2. The molecule has 1 aliphatic heterocycles. The Balaban J connectivity index is 1.41. The number of aromatic nitrogens is 2. The van der Waals surface area contributed by atoms with Crippen LogP contribution in [0.5, 0.6) is 0 Å². The van der Waals surface area contributed by atoms with E-state index in [0.29, 0.717) is 31.1 Å². The number of likely N-dealkylation sites (N-methyl/N-ethyl adjacent to an activating group) is 2. The van der Waals surface area contributed by atoms with E-state index in [-0.39, 0.29) is 17.9 Å². The smallest absolute Gasteiger partial charge is 0.253 e. The van der Waals surface area contributed by atoms with Crippen molar-refractivity contribution in [2.45, 2.75) is 25.3 Å². The van der Waals surface area contributed by atoms with E-state index in [4.69, 9.17) is 0 Å². The number of carbonyl (C=O) groups is 2. The van der Waals surface area contributed by atoms with Crippen molar-refractivity contribution in [3.63, 3.8) is 0 Å². The molecule has 0 bridgehead atoms. The van der Waals surface area contributed by atoms with Crippen LogP contribution in [0.3, 0.4) is 0 Å². The van der Waals surface area contributed by atoms with Gasteiger partial charge in [-0.2, -0.15) is 5.10 Å². The number of hydrogen-bond donors (Lipinski definition) is 0. The topological polar surface area (TPSA) is 61.7 Å². The number of piperidine rings is 1. The first-order valence-electron chi connectivity index (χ1n) is 12.3. The first-order chi connectivity index (χ1) is 16.9. The molecule has 0 aliphatic carbocycles. The van der Waals surface area contributed by atoms with E-state index in [1.807, 2.05) is 90.6 Å². The molecule has 7 heteroatoms. The predicted octanol–water partition coefficient (Wildman–Crippen LogP) is 3.36. The van der Waals surface area contributed by atoms with Crippen LogP contribution in [-0.2, 0) is 11.2 Å². The SMILES string of the molecule is CN(C)CC(=O)N(C)C(Cc1ccccc1)C1CCN(C(=O)c2ccc(-n3cccn3)cc2)CC1. The third kappa shape index (κ3) is 6.17. The molecule has 1 saturated heterocycles. The molecule has 1 unspecified atom stereocenters. The molecule has 0 N–H and O–H groups in total. The maximum Gasteiger partial charge on any atom is 0.253 e. The first-order valence-corrected chi connectivity index (χ1v) is 12.3. The summed E-state index contributed by atoms with van der Waals surface area (Å²) in [7, 11) is 5.77. The van der Waals surface area contributed by atoms with Gasteiger partial charge in [-0.3, -0.25) is 9.59 Å². The Kier molecular flexibility index (Phi) is 7.98. The maximum atomic E-state index is 13.2. The zero-order valence-corrected chi connectivity index (χ0v) is 20.9. The summed E-state index contributed by atoms with van der Waals surface area (Å²) in [5.41, 5.74) is 2.86. The Hall–Kier alpha value is -3.45. The van der Waals surface area contributed by atoms with E-state index in [9.17, 15) is 9.59 Å². The normalized spacial score (nSPS) is 15.3. The van der Waals surface area contributed by atoms with Crippen molar-refractivity contribution < 1.29 is 9.59 Å². The van der Waals surface area contributed by atoms with Gasteiger partial charge in [-0.15, -0.1) is 0 Å². The van der Waals surface area contributed by atoms with Gasteiger partial charge in [0.15, 0.2) is 0 Å². The van der Waals surface area contributed by atoms with Gasteiger partial charge in [0.05, 0.1) is 12.2 Å². The summed E-state index contributed by atoms with van der Waals surface area (Å²) >= 11 is 0. The minimum atomic E-state index is 0.0621. The lowest BCUT2D eigenvalue weighted by Crippen LogP contribution is -2.50. The minimum Gasteiger partial charge on any atom is -0.341 e. The van der Waals surface area contributed by atoms with Crippen molar-refractivity contribution in [3.05, 3.63) is 84.2 Å². The minimum absolute atomic E-state index is 0.0621. The molecule has 184 valence electrons. The lowest BCUT2D eigenvalue weighted by atomic mass is 9.84. The standard InChI is InChI=1S/C28H35N5O2/c1-30(2)21-27(34)31(3)26(20-22-8-5-4-6-9-22)23-14-18-32(19-15-23)28(35)24-10-12-25(13-11-24)33-17-7-16-29-33/h4-13,16-17,23,26H,14-15,18-21H2,1-3H3. The Labute approximate surface area is 207 Å². The fourth-order valence-corrected chi connectivity index (χ4v) is 4.89. The molecule has 1 atom stereocenters. The summed E-state index contributed by atoms with van der Waals surface area (Å²) in [6, 6.07) is 19.9. The van der Waals surface area contributed by atoms with Crippen LogP contribution in [0.1, 0.15) is 28.8 Å². The van der Waals surface area contributed by atoms with Crippen LogP contribution in [0.2, 0.25) is 0 Å². The van der Waals surface area contributed by atoms with Crippen LogP contribution in [-0.4, -0.2) is 83.1 Å². The van der Waals surface area contributed by atoms with Gasteiger partial charge in [0.25, 0.3) is 5.91 Å². The van der Waals surface area contributed by atoms with Crippen LogP contribution < -0.4 is 0 Å². The number of rotatable bonds is 8. The Bertz CT molecular complexity index is 1090. The van der Waals surface area contributed by atoms with Crippen LogP contribution >= 0.6 is 0 Å². The predicted molar refractivity (Wildman–Crippen MR) is 137 cm³/mol. The summed E-state index contributed by atoms with van der Waals surface area (Å²) in [4.78, 5) is 31.9. The third-order valence-electron chi connectivity index (χ3n) is 6.88. The van der Waals surface area contributed by atoms with Crippen molar-refractivity contribution in [1.82, 2.24) is 24.5 Å². The van der Waals surface area contributed by atoms with Crippen LogP contribution in [0.4, 0.5) is 0 Å². The number of likely N-dealkylation sites (tertiary alicyclic amines) is 1. The summed E-state index contributed by atoms with van der Waals surface area (Å²) in [5, 5.41) is 4.24. The quantitative estimate of drug-likeness (QED) is 0.503. The highest BCUT2D eigenvalue weighted by Crippen LogP contribution is 2.27. The number of carbonyl (C=O) groups excluding carboxylic acids is 2. The van der Waals surface area contributed by atoms with Gasteiger partial charge in [0, 0.05) is 44.1 Å². The maximum absolute atomic E-state index is 13.2. The van der Waals surface area contributed by atoms with Gasteiger partial charge >= 0.3 is 0 Å². The molecule has 2 amide bonds. The van der Waals surface area contributed by atoms with Crippen LogP contribution in [0, 0.1) is 5.92 Å². The highest BCUT2D eigenvalue weighted by Gasteiger charge is 2.33. The largest absolute Gasteiger partial charge is 0.341 e. The Morgan fingerprint density at radius 1 is 0.971 bits per heavy atom. The molecule has 2 aromatic carbocycles. The monoisotopic (exact) mass is 473 g/mol. The fraction of sp³-hybridized carbons (Fsp3) is 0.393. The Morgan fingerprint density at radius 3 is 2.26 bits per heavy atom. The molecule has 0 spiro atoms. The summed E-state index contributed by atoms with van der Waals surface area (Å²) in [6.45, 7) is 1.80. The average Bonchev–Trinajstić information content (AvgIpc) is 3.42. The zero-order valence-electron chi connectivity index (χ0n) is 20.9. The molecular weight excluding hydrogens is 438 g/mol. The van der Waals surface area contributed by atoms with Gasteiger partial charge in [-0.05, 0) is 75.2 Å². The zero-order chi connectivity index (χ0) is 24.8. The second kappa shape index (κ2) is 11.3. The second-order valence-corrected chi connectivity index (χ2v) is 9.63. The van der Waals surface area contributed by atoms with Crippen molar-refractivity contribution in [2.24, 2.45) is 5.92 Å². The highest BCUT2D eigenvalue weighted by molar-refractivity contribution is 5.94. The summed E-state index contributed by atoms with van der Waals surface area (Å²) < 4.78 is 1.78. The molecule has 3 aromatic rings. The van der Waals surface area contributed by atoms with Gasteiger partial charge in [-0.25, -0.2) is 4.68 Å². The molecule has 0 saturated carbocycles. The molecule has 1 fully saturated rings. The van der Waals surface area contributed by atoms with Gasteiger partial charge in [-0.1, -0.05) is 30.3 Å². The van der Waals surface area contributed by atoms with E-state index in [1.165, 1.54) is 5.56 Å². The molecule has 1 aromatic heterocycles. The van der Waals surface area contributed by atoms with Crippen molar-refractivity contribution >= 4 is 11.8 Å². The fourth-order valence-electron chi connectivity index (χ4n) is 4.89. The number of hydrogen-bond acceptors (Lipinski definition) is 4. The highest BCUT2D eigenvalue weighted by atomic mass is 16.2. The molecule has 1 aliphatic rings. The van der Waals surface area contributed by atoms with Gasteiger partial charge in [0.1, 0.15) is 0 Å². The van der Waals surface area contributed by atoms with Crippen molar-refractivity contribution in [2.75, 3.05) is 40.8 Å². The molecule has 7 nitrogen and oxygen atoms in total. The second-order valence-electron chi connectivity index (χ2n) is 9.63. The van der Waals surface area contributed by atoms with E-state index >= 15 is 0 Å². The molecule has 4 rings (SSSR count). The van der Waals surface area contributed by atoms with Crippen molar-refractivity contribution in [1.29, 1.82) is 0 Å². The lowest BCUT2D eigenvalue weighted by Gasteiger charge is -2.40. The van der Waals surface area contributed by atoms with E-state index in [0.717, 1.165) is 24.9 Å².